The predicted molar refractivity (Wildman–Crippen MR) is 120 cm³/mol. The van der Waals surface area contributed by atoms with E-state index < -0.39 is 0 Å². The number of amides is 1. The van der Waals surface area contributed by atoms with Crippen LogP contribution in [0.25, 0.3) is 11.1 Å². The van der Waals surface area contributed by atoms with Gasteiger partial charge in [0.05, 0.1) is 17.4 Å². The predicted octanol–water partition coefficient (Wildman–Crippen LogP) is 4.39. The minimum Gasteiger partial charge on any atom is -0.449 e. The van der Waals surface area contributed by atoms with Gasteiger partial charge in [-0.3, -0.25) is 0 Å². The molecule has 0 bridgehead atoms. The van der Waals surface area contributed by atoms with Crippen molar-refractivity contribution in [1.82, 2.24) is 5.32 Å². The van der Waals surface area contributed by atoms with Crippen LogP contribution in [0.5, 0.6) is 0 Å². The van der Waals surface area contributed by atoms with Crippen molar-refractivity contribution in [3.05, 3.63) is 83.9 Å². The Labute approximate surface area is 176 Å². The van der Waals surface area contributed by atoms with E-state index in [4.69, 9.17) is 10.5 Å². The molecule has 152 valence electrons. The third-order valence-corrected chi connectivity index (χ3v) is 6.13. The highest BCUT2D eigenvalue weighted by Crippen LogP contribution is 2.44. The summed E-state index contributed by atoms with van der Waals surface area (Å²) in [5, 5.41) is 3.03. The van der Waals surface area contributed by atoms with Crippen molar-refractivity contribution >= 4 is 17.5 Å². The number of benzene rings is 3. The maximum absolute atomic E-state index is 12.5. The number of rotatable bonds is 4. The van der Waals surface area contributed by atoms with Gasteiger partial charge in [0.15, 0.2) is 0 Å². The highest BCUT2D eigenvalue weighted by atomic mass is 16.5. The number of carbonyl (C=O) groups is 1. The number of fused-ring (bicyclic) bond motifs is 3. The number of hydrogen-bond acceptors (Lipinski definition) is 4. The molecule has 5 heteroatoms. The molecular formula is C25H25N3O2. The first-order valence-electron chi connectivity index (χ1n) is 10.4. The Bertz CT molecular complexity index is 1040. The fourth-order valence-electron chi connectivity index (χ4n) is 4.68. The molecule has 0 saturated carbocycles. The summed E-state index contributed by atoms with van der Waals surface area (Å²) in [6.45, 7) is 1.93. The summed E-state index contributed by atoms with van der Waals surface area (Å²) < 4.78 is 5.67. The Balaban J connectivity index is 1.21. The van der Waals surface area contributed by atoms with Gasteiger partial charge < -0.3 is 20.7 Å². The van der Waals surface area contributed by atoms with Crippen molar-refractivity contribution in [3.8, 4) is 11.1 Å². The topological polar surface area (TPSA) is 67.6 Å². The molecule has 0 unspecified atom stereocenters. The van der Waals surface area contributed by atoms with Gasteiger partial charge in [0.25, 0.3) is 0 Å². The normalized spacial score (nSPS) is 17.5. The Morgan fingerprint density at radius 2 is 1.60 bits per heavy atom. The number of carbonyl (C=O) groups excluding carboxylic acids is 1. The molecule has 30 heavy (non-hydrogen) atoms. The molecule has 0 aromatic heterocycles. The molecule has 3 N–H and O–H groups in total. The van der Waals surface area contributed by atoms with E-state index in [9.17, 15) is 4.79 Å². The Morgan fingerprint density at radius 3 is 2.30 bits per heavy atom. The van der Waals surface area contributed by atoms with Crippen LogP contribution >= 0.6 is 0 Å². The SMILES string of the molecule is Nc1ccccc1N1CC[C@H](NC(=O)OCC2c3ccccc3-c3ccccc32)C1. The smallest absolute Gasteiger partial charge is 0.407 e. The molecule has 1 heterocycles. The van der Waals surface area contributed by atoms with Gasteiger partial charge in [-0.25, -0.2) is 4.79 Å². The molecule has 1 amide bonds. The number of para-hydroxylation sites is 2. The first kappa shape index (κ1) is 18.6. The second kappa shape index (κ2) is 7.75. The van der Waals surface area contributed by atoms with E-state index >= 15 is 0 Å². The van der Waals surface area contributed by atoms with Crippen LogP contribution in [0.4, 0.5) is 16.2 Å². The molecule has 5 nitrogen and oxygen atoms in total. The van der Waals surface area contributed by atoms with Crippen LogP contribution in [-0.4, -0.2) is 31.8 Å². The van der Waals surface area contributed by atoms with Gasteiger partial charge >= 0.3 is 6.09 Å². The third-order valence-electron chi connectivity index (χ3n) is 6.13. The van der Waals surface area contributed by atoms with Crippen LogP contribution < -0.4 is 16.0 Å². The van der Waals surface area contributed by atoms with Crippen LogP contribution in [0.3, 0.4) is 0 Å². The largest absolute Gasteiger partial charge is 0.449 e. The highest BCUT2D eigenvalue weighted by molar-refractivity contribution is 5.79. The average molecular weight is 399 g/mol. The Morgan fingerprint density at radius 1 is 0.967 bits per heavy atom. The molecule has 1 atom stereocenters. The van der Waals surface area contributed by atoms with Crippen molar-refractivity contribution in [2.45, 2.75) is 18.4 Å². The van der Waals surface area contributed by atoms with E-state index in [1.54, 1.807) is 0 Å². The Kier molecular flexibility index (Phi) is 4.79. The molecule has 1 aliphatic heterocycles. The molecule has 1 aliphatic carbocycles. The first-order valence-corrected chi connectivity index (χ1v) is 10.4. The second-order valence-corrected chi connectivity index (χ2v) is 7.96. The molecule has 2 aliphatic rings. The zero-order valence-electron chi connectivity index (χ0n) is 16.8. The van der Waals surface area contributed by atoms with Crippen LogP contribution in [0.2, 0.25) is 0 Å². The standard InChI is InChI=1S/C25H25N3O2/c26-23-11-5-6-12-24(23)28-14-13-17(15-28)27-25(29)30-16-22-20-9-3-1-7-18(20)19-8-2-4-10-21(19)22/h1-12,17,22H,13-16,26H2,(H,27,29)/t17-/m0/s1. The minimum atomic E-state index is -0.357. The van der Waals surface area contributed by atoms with Gasteiger partial charge in [-0.1, -0.05) is 60.7 Å². The van der Waals surface area contributed by atoms with E-state index in [0.29, 0.717) is 6.61 Å². The molecule has 1 fully saturated rings. The average Bonchev–Trinajstić information content (AvgIpc) is 3.35. The zero-order valence-corrected chi connectivity index (χ0v) is 16.8. The number of nitrogen functional groups attached to an aromatic ring is 1. The second-order valence-electron chi connectivity index (χ2n) is 7.96. The van der Waals surface area contributed by atoms with E-state index in [0.717, 1.165) is 30.9 Å². The fourth-order valence-corrected chi connectivity index (χ4v) is 4.68. The quantitative estimate of drug-likeness (QED) is 0.639. The molecule has 3 aromatic carbocycles. The van der Waals surface area contributed by atoms with Crippen LogP contribution in [0.15, 0.2) is 72.8 Å². The number of ether oxygens (including phenoxy) is 1. The summed E-state index contributed by atoms with van der Waals surface area (Å²) in [5.41, 5.74) is 12.8. The monoisotopic (exact) mass is 399 g/mol. The number of nitrogens with one attached hydrogen (secondary N) is 1. The van der Waals surface area contributed by atoms with E-state index in [1.165, 1.54) is 22.3 Å². The van der Waals surface area contributed by atoms with Gasteiger partial charge in [-0.15, -0.1) is 0 Å². The van der Waals surface area contributed by atoms with Crippen LogP contribution in [-0.2, 0) is 4.74 Å². The number of nitrogens with zero attached hydrogens (tertiary/aromatic N) is 1. The lowest BCUT2D eigenvalue weighted by atomic mass is 9.98. The van der Waals surface area contributed by atoms with Crippen molar-refractivity contribution in [2.75, 3.05) is 30.3 Å². The number of nitrogens with two attached hydrogens (primary N) is 1. The number of hydrogen-bond donors (Lipinski definition) is 2. The van der Waals surface area contributed by atoms with Gasteiger partial charge in [0, 0.05) is 19.0 Å². The highest BCUT2D eigenvalue weighted by Gasteiger charge is 2.30. The molecule has 3 aromatic rings. The maximum Gasteiger partial charge on any atom is 0.407 e. The van der Waals surface area contributed by atoms with Gasteiger partial charge in [0.2, 0.25) is 0 Å². The number of alkyl carbamates (subject to hydrolysis) is 1. The molecule has 5 rings (SSSR count). The van der Waals surface area contributed by atoms with E-state index in [1.807, 2.05) is 36.4 Å². The van der Waals surface area contributed by atoms with Gasteiger partial charge in [0.1, 0.15) is 6.61 Å². The summed E-state index contributed by atoms with van der Waals surface area (Å²) in [7, 11) is 0. The summed E-state index contributed by atoms with van der Waals surface area (Å²) in [5.74, 6) is 0.0762. The fraction of sp³-hybridized carbons (Fsp3) is 0.240. The maximum atomic E-state index is 12.5. The summed E-state index contributed by atoms with van der Waals surface area (Å²) in [4.78, 5) is 14.7. The van der Waals surface area contributed by atoms with E-state index in [2.05, 4.69) is 46.6 Å². The molecular weight excluding hydrogens is 374 g/mol. The van der Waals surface area contributed by atoms with E-state index in [-0.39, 0.29) is 18.1 Å². The van der Waals surface area contributed by atoms with Crippen molar-refractivity contribution in [3.63, 3.8) is 0 Å². The lowest BCUT2D eigenvalue weighted by molar-refractivity contribution is 0.140. The summed E-state index contributed by atoms with van der Waals surface area (Å²) in [6.07, 6.45) is 0.517. The molecule has 0 spiro atoms. The summed E-state index contributed by atoms with van der Waals surface area (Å²) >= 11 is 0. The first-order chi connectivity index (χ1) is 14.7. The van der Waals surface area contributed by atoms with Crippen molar-refractivity contribution < 1.29 is 9.53 Å². The van der Waals surface area contributed by atoms with Crippen LogP contribution in [0, 0.1) is 0 Å². The van der Waals surface area contributed by atoms with Crippen molar-refractivity contribution in [1.29, 1.82) is 0 Å². The third kappa shape index (κ3) is 3.36. The van der Waals surface area contributed by atoms with Crippen molar-refractivity contribution in [2.24, 2.45) is 0 Å². The Hall–Kier alpha value is -3.47. The number of anilines is 2. The summed E-state index contributed by atoms with van der Waals surface area (Å²) in [6, 6.07) is 24.6. The lowest BCUT2D eigenvalue weighted by Gasteiger charge is -2.21. The minimum absolute atomic E-state index is 0.0558. The zero-order chi connectivity index (χ0) is 20.5. The van der Waals surface area contributed by atoms with Crippen LogP contribution in [0.1, 0.15) is 23.5 Å². The molecule has 1 saturated heterocycles. The van der Waals surface area contributed by atoms with Gasteiger partial charge in [-0.2, -0.15) is 0 Å². The lowest BCUT2D eigenvalue weighted by Crippen LogP contribution is -2.38. The molecule has 0 radical (unpaired) electrons. The van der Waals surface area contributed by atoms with Gasteiger partial charge in [-0.05, 0) is 40.8 Å².